The van der Waals surface area contributed by atoms with Crippen LogP contribution in [0.3, 0.4) is 0 Å². The normalized spacial score (nSPS) is 21.8. The van der Waals surface area contributed by atoms with Crippen molar-refractivity contribution in [3.05, 3.63) is 18.2 Å². The summed E-state index contributed by atoms with van der Waals surface area (Å²) in [5.41, 5.74) is 0.973. The first-order valence-electron chi connectivity index (χ1n) is 4.47. The Morgan fingerprint density at radius 3 is 2.85 bits per heavy atom. The Morgan fingerprint density at radius 2 is 2.23 bits per heavy atom. The van der Waals surface area contributed by atoms with Gasteiger partial charge in [-0.2, -0.15) is 0 Å². The van der Waals surface area contributed by atoms with Gasteiger partial charge in [0.2, 0.25) is 0 Å². The number of ether oxygens (including phenoxy) is 1. The quantitative estimate of drug-likeness (QED) is 0.735. The molecule has 4 nitrogen and oxygen atoms in total. The van der Waals surface area contributed by atoms with Crippen LogP contribution in [0.15, 0.2) is 12.4 Å². The summed E-state index contributed by atoms with van der Waals surface area (Å²) in [5, 5.41) is 3.32. The Balaban J connectivity index is 1.97. The summed E-state index contributed by atoms with van der Waals surface area (Å²) in [6, 6.07) is 0.423. The molecule has 1 aromatic heterocycles. The molecule has 2 heterocycles. The smallest absolute Gasteiger partial charge is 0.125 e. The molecule has 1 fully saturated rings. The van der Waals surface area contributed by atoms with E-state index in [0.717, 1.165) is 31.1 Å². The molecule has 1 unspecified atom stereocenters. The average Bonchev–Trinajstić information content (AvgIpc) is 2.62. The Labute approximate surface area is 77.4 Å². The second kappa shape index (κ2) is 3.70. The summed E-state index contributed by atoms with van der Waals surface area (Å²) in [5.74, 6) is 0.799. The van der Waals surface area contributed by atoms with E-state index in [2.05, 4.69) is 15.3 Å². The van der Waals surface area contributed by atoms with E-state index >= 15 is 0 Å². The monoisotopic (exact) mass is 179 g/mol. The van der Waals surface area contributed by atoms with E-state index in [1.54, 1.807) is 12.4 Å². The minimum absolute atomic E-state index is 0.423. The molecule has 0 saturated carbocycles. The van der Waals surface area contributed by atoms with E-state index in [1.165, 1.54) is 0 Å². The second-order valence-electron chi connectivity index (χ2n) is 3.22. The number of aryl methyl sites for hydroxylation is 1. The van der Waals surface area contributed by atoms with Gasteiger partial charge in [-0.15, -0.1) is 0 Å². The fraction of sp³-hybridized carbons (Fsp3) is 0.556. The maximum atomic E-state index is 5.25. The number of rotatable bonds is 2. The maximum absolute atomic E-state index is 5.25. The highest BCUT2D eigenvalue weighted by molar-refractivity contribution is 5.39. The maximum Gasteiger partial charge on any atom is 0.125 e. The third-order valence-corrected chi connectivity index (χ3v) is 2.08. The SMILES string of the molecule is Cc1ncc(NC2CCOC2)cn1. The van der Waals surface area contributed by atoms with Crippen LogP contribution < -0.4 is 5.32 Å². The molecule has 70 valence electrons. The van der Waals surface area contributed by atoms with Gasteiger partial charge in [-0.1, -0.05) is 0 Å². The topological polar surface area (TPSA) is 47.0 Å². The first kappa shape index (κ1) is 8.44. The molecule has 0 radical (unpaired) electrons. The molecule has 0 spiro atoms. The number of anilines is 1. The van der Waals surface area contributed by atoms with Gasteiger partial charge in [-0.05, 0) is 13.3 Å². The minimum atomic E-state index is 0.423. The van der Waals surface area contributed by atoms with Crippen molar-refractivity contribution in [3.8, 4) is 0 Å². The zero-order valence-corrected chi connectivity index (χ0v) is 7.66. The van der Waals surface area contributed by atoms with Gasteiger partial charge in [-0.3, -0.25) is 0 Å². The molecule has 2 rings (SSSR count). The van der Waals surface area contributed by atoms with Crippen molar-refractivity contribution >= 4 is 5.69 Å². The standard InChI is InChI=1S/C9H13N3O/c1-7-10-4-9(5-11-7)12-8-2-3-13-6-8/h4-5,8,12H,2-3,6H2,1H3. The van der Waals surface area contributed by atoms with Crippen molar-refractivity contribution in [2.45, 2.75) is 19.4 Å². The average molecular weight is 179 g/mol. The molecular formula is C9H13N3O. The van der Waals surface area contributed by atoms with Crippen LogP contribution in [0.2, 0.25) is 0 Å². The predicted octanol–water partition coefficient (Wildman–Crippen LogP) is 0.986. The number of hydrogen-bond donors (Lipinski definition) is 1. The zero-order chi connectivity index (χ0) is 9.10. The van der Waals surface area contributed by atoms with E-state index in [1.807, 2.05) is 6.92 Å². The summed E-state index contributed by atoms with van der Waals surface area (Å²) in [6.45, 7) is 3.51. The fourth-order valence-corrected chi connectivity index (χ4v) is 1.35. The van der Waals surface area contributed by atoms with Crippen LogP contribution in [0.5, 0.6) is 0 Å². The highest BCUT2D eigenvalue weighted by atomic mass is 16.5. The first-order chi connectivity index (χ1) is 6.34. The van der Waals surface area contributed by atoms with E-state index < -0.39 is 0 Å². The molecular weight excluding hydrogens is 166 g/mol. The van der Waals surface area contributed by atoms with Crippen molar-refractivity contribution in [3.63, 3.8) is 0 Å². The Kier molecular flexibility index (Phi) is 2.40. The van der Waals surface area contributed by atoms with Gasteiger partial charge in [0.05, 0.1) is 30.7 Å². The molecule has 4 heteroatoms. The van der Waals surface area contributed by atoms with Crippen LogP contribution in [-0.2, 0) is 4.74 Å². The van der Waals surface area contributed by atoms with E-state index in [0.29, 0.717) is 6.04 Å². The van der Waals surface area contributed by atoms with Crippen molar-refractivity contribution in [1.82, 2.24) is 9.97 Å². The number of nitrogens with one attached hydrogen (secondary N) is 1. The van der Waals surface area contributed by atoms with Crippen molar-refractivity contribution < 1.29 is 4.74 Å². The third kappa shape index (κ3) is 2.15. The summed E-state index contributed by atoms with van der Waals surface area (Å²) >= 11 is 0. The zero-order valence-electron chi connectivity index (χ0n) is 7.66. The molecule has 1 atom stereocenters. The number of hydrogen-bond acceptors (Lipinski definition) is 4. The molecule has 0 amide bonds. The Morgan fingerprint density at radius 1 is 1.46 bits per heavy atom. The lowest BCUT2D eigenvalue weighted by Gasteiger charge is -2.10. The fourth-order valence-electron chi connectivity index (χ4n) is 1.35. The molecule has 0 bridgehead atoms. The number of aromatic nitrogens is 2. The summed E-state index contributed by atoms with van der Waals surface area (Å²) in [7, 11) is 0. The molecule has 1 aromatic rings. The van der Waals surface area contributed by atoms with Gasteiger partial charge in [0.15, 0.2) is 0 Å². The van der Waals surface area contributed by atoms with E-state index in [9.17, 15) is 0 Å². The van der Waals surface area contributed by atoms with E-state index in [-0.39, 0.29) is 0 Å². The largest absolute Gasteiger partial charge is 0.379 e. The summed E-state index contributed by atoms with van der Waals surface area (Å²) < 4.78 is 5.25. The van der Waals surface area contributed by atoms with E-state index in [4.69, 9.17) is 4.74 Å². The highest BCUT2D eigenvalue weighted by Gasteiger charge is 2.14. The lowest BCUT2D eigenvalue weighted by Crippen LogP contribution is -2.19. The number of nitrogens with zero attached hydrogens (tertiary/aromatic N) is 2. The van der Waals surface area contributed by atoms with Crippen LogP contribution in [0.1, 0.15) is 12.2 Å². The third-order valence-electron chi connectivity index (χ3n) is 2.08. The van der Waals surface area contributed by atoms with Crippen LogP contribution in [0.4, 0.5) is 5.69 Å². The van der Waals surface area contributed by atoms with Gasteiger partial charge in [-0.25, -0.2) is 9.97 Å². The molecule has 1 saturated heterocycles. The van der Waals surface area contributed by atoms with Crippen molar-refractivity contribution in [1.29, 1.82) is 0 Å². The van der Waals surface area contributed by atoms with Crippen molar-refractivity contribution in [2.24, 2.45) is 0 Å². The molecule has 1 aliphatic heterocycles. The lowest BCUT2D eigenvalue weighted by molar-refractivity contribution is 0.195. The molecule has 0 aromatic carbocycles. The van der Waals surface area contributed by atoms with Gasteiger partial charge >= 0.3 is 0 Å². The molecule has 0 aliphatic carbocycles. The molecule has 13 heavy (non-hydrogen) atoms. The van der Waals surface area contributed by atoms with Crippen molar-refractivity contribution in [2.75, 3.05) is 18.5 Å². The molecule has 1 N–H and O–H groups in total. The van der Waals surface area contributed by atoms with Crippen LogP contribution in [0.25, 0.3) is 0 Å². The Bertz CT molecular complexity index is 267. The highest BCUT2D eigenvalue weighted by Crippen LogP contribution is 2.11. The minimum Gasteiger partial charge on any atom is -0.379 e. The van der Waals surface area contributed by atoms with Crippen LogP contribution in [-0.4, -0.2) is 29.2 Å². The summed E-state index contributed by atoms with van der Waals surface area (Å²) in [4.78, 5) is 8.21. The van der Waals surface area contributed by atoms with Gasteiger partial charge in [0.1, 0.15) is 5.82 Å². The predicted molar refractivity (Wildman–Crippen MR) is 49.6 cm³/mol. The van der Waals surface area contributed by atoms with Crippen LogP contribution in [0, 0.1) is 6.92 Å². The second-order valence-corrected chi connectivity index (χ2v) is 3.22. The first-order valence-corrected chi connectivity index (χ1v) is 4.47. The molecule has 1 aliphatic rings. The van der Waals surface area contributed by atoms with Crippen LogP contribution >= 0.6 is 0 Å². The lowest BCUT2D eigenvalue weighted by atomic mass is 10.2. The van der Waals surface area contributed by atoms with Gasteiger partial charge in [0.25, 0.3) is 0 Å². The Hall–Kier alpha value is -1.16. The van der Waals surface area contributed by atoms with Gasteiger partial charge in [0, 0.05) is 6.61 Å². The summed E-state index contributed by atoms with van der Waals surface area (Å²) in [6.07, 6.45) is 4.68. The van der Waals surface area contributed by atoms with Gasteiger partial charge < -0.3 is 10.1 Å².